The summed E-state index contributed by atoms with van der Waals surface area (Å²) in [6.45, 7) is 0.144. The molecule has 0 aliphatic heterocycles. The predicted molar refractivity (Wildman–Crippen MR) is 151 cm³/mol. The van der Waals surface area contributed by atoms with Crippen molar-refractivity contribution in [3.05, 3.63) is 95.6 Å². The van der Waals surface area contributed by atoms with Gasteiger partial charge in [-0.25, -0.2) is 9.59 Å². The van der Waals surface area contributed by atoms with Crippen LogP contribution in [-0.4, -0.2) is 53.3 Å². The number of hydrogen-bond donors (Lipinski definition) is 4. The van der Waals surface area contributed by atoms with E-state index >= 15 is 0 Å². The SMILES string of the molecule is NC(CP(=O)(O)OCc1ccccc1)=NCCC[C@H](NC(=O)OCC1c2ccccc2-c2ccccc21)C(=O)O. The number of nitrogens with two attached hydrogens (primary N) is 1. The largest absolute Gasteiger partial charge is 0.480 e. The van der Waals surface area contributed by atoms with Crippen LogP contribution in [0.3, 0.4) is 0 Å². The number of carboxylic acid groups (broad SMARTS) is 1. The van der Waals surface area contributed by atoms with Gasteiger partial charge in [-0.15, -0.1) is 0 Å². The first-order valence-corrected chi connectivity index (χ1v) is 14.6. The molecule has 1 aliphatic rings. The number of carbonyl (C=O) groups is 2. The highest BCUT2D eigenvalue weighted by Gasteiger charge is 2.29. The highest BCUT2D eigenvalue weighted by atomic mass is 31.2. The molecular formula is C29H32N3O7P. The van der Waals surface area contributed by atoms with Crippen molar-refractivity contribution in [3.63, 3.8) is 0 Å². The Hall–Kier alpha value is -3.98. The van der Waals surface area contributed by atoms with Gasteiger partial charge >= 0.3 is 19.7 Å². The molecule has 0 fully saturated rings. The van der Waals surface area contributed by atoms with Crippen molar-refractivity contribution in [2.24, 2.45) is 10.7 Å². The Morgan fingerprint density at radius 1 is 0.975 bits per heavy atom. The van der Waals surface area contributed by atoms with Gasteiger partial charge in [0.05, 0.1) is 6.61 Å². The molecule has 2 atom stereocenters. The van der Waals surface area contributed by atoms with Crippen molar-refractivity contribution >= 4 is 25.5 Å². The minimum absolute atomic E-state index is 0.0380. The van der Waals surface area contributed by atoms with Crippen LogP contribution in [-0.2, 0) is 25.2 Å². The van der Waals surface area contributed by atoms with Gasteiger partial charge in [-0.3, -0.25) is 9.56 Å². The molecule has 0 saturated carbocycles. The number of nitrogens with one attached hydrogen (secondary N) is 1. The lowest BCUT2D eigenvalue weighted by molar-refractivity contribution is -0.139. The third-order valence-corrected chi connectivity index (χ3v) is 7.79. The molecule has 0 saturated heterocycles. The van der Waals surface area contributed by atoms with Crippen molar-refractivity contribution in [2.45, 2.75) is 31.4 Å². The first-order valence-electron chi connectivity index (χ1n) is 12.9. The van der Waals surface area contributed by atoms with Crippen LogP contribution < -0.4 is 11.1 Å². The Balaban J connectivity index is 1.22. The molecule has 1 unspecified atom stereocenters. The number of nitrogens with zero attached hydrogens (tertiary/aromatic N) is 1. The van der Waals surface area contributed by atoms with E-state index < -0.39 is 31.9 Å². The molecule has 1 aliphatic carbocycles. The molecule has 0 spiro atoms. The third-order valence-electron chi connectivity index (χ3n) is 6.54. The van der Waals surface area contributed by atoms with Crippen LogP contribution in [0.2, 0.25) is 0 Å². The molecule has 3 aromatic carbocycles. The second-order valence-corrected chi connectivity index (χ2v) is 11.3. The first-order chi connectivity index (χ1) is 19.2. The molecule has 40 heavy (non-hydrogen) atoms. The Morgan fingerprint density at radius 2 is 1.57 bits per heavy atom. The number of carboxylic acids is 1. The molecule has 0 bridgehead atoms. The van der Waals surface area contributed by atoms with Crippen LogP contribution in [0.4, 0.5) is 4.79 Å². The molecule has 4 rings (SSSR count). The summed E-state index contributed by atoms with van der Waals surface area (Å²) in [5.74, 6) is -1.42. The molecular weight excluding hydrogens is 533 g/mol. The summed E-state index contributed by atoms with van der Waals surface area (Å²) >= 11 is 0. The average molecular weight is 566 g/mol. The zero-order chi connectivity index (χ0) is 28.5. The number of amidine groups is 1. The Labute approximate surface area is 232 Å². The van der Waals surface area contributed by atoms with E-state index in [2.05, 4.69) is 10.3 Å². The van der Waals surface area contributed by atoms with Gasteiger partial charge in [0.1, 0.15) is 24.6 Å². The lowest BCUT2D eigenvalue weighted by Crippen LogP contribution is -2.41. The van der Waals surface area contributed by atoms with Gasteiger partial charge in [-0.05, 0) is 40.7 Å². The average Bonchev–Trinajstić information content (AvgIpc) is 3.26. The molecule has 5 N–H and O–H groups in total. The van der Waals surface area contributed by atoms with Crippen molar-refractivity contribution in [1.82, 2.24) is 5.32 Å². The zero-order valence-electron chi connectivity index (χ0n) is 21.8. The van der Waals surface area contributed by atoms with Gasteiger partial charge < -0.3 is 30.3 Å². The van der Waals surface area contributed by atoms with Crippen LogP contribution in [0, 0.1) is 0 Å². The number of carbonyl (C=O) groups excluding carboxylic acids is 1. The minimum atomic E-state index is -4.00. The molecule has 0 heterocycles. The van der Waals surface area contributed by atoms with Crippen LogP contribution in [0.5, 0.6) is 0 Å². The summed E-state index contributed by atoms with van der Waals surface area (Å²) in [6.07, 6.45) is -0.936. The monoisotopic (exact) mass is 565 g/mol. The number of ether oxygens (including phenoxy) is 1. The van der Waals surface area contributed by atoms with E-state index in [-0.39, 0.29) is 44.4 Å². The lowest BCUT2D eigenvalue weighted by atomic mass is 9.98. The predicted octanol–water partition coefficient (Wildman–Crippen LogP) is 4.52. The molecule has 11 heteroatoms. The second kappa shape index (κ2) is 13.4. The number of amides is 1. The van der Waals surface area contributed by atoms with Crippen LogP contribution in [0.25, 0.3) is 11.1 Å². The number of benzene rings is 3. The highest BCUT2D eigenvalue weighted by molar-refractivity contribution is 7.53. The molecule has 10 nitrogen and oxygen atoms in total. The fourth-order valence-corrected chi connectivity index (χ4v) is 5.56. The molecule has 0 radical (unpaired) electrons. The quantitative estimate of drug-likeness (QED) is 0.102. The summed E-state index contributed by atoms with van der Waals surface area (Å²) in [5.41, 5.74) is 10.8. The Morgan fingerprint density at radius 3 is 2.20 bits per heavy atom. The van der Waals surface area contributed by atoms with E-state index in [1.807, 2.05) is 54.6 Å². The van der Waals surface area contributed by atoms with Gasteiger partial charge in [-0.1, -0.05) is 78.9 Å². The third kappa shape index (κ3) is 7.79. The fraction of sp³-hybridized carbons (Fsp3) is 0.276. The van der Waals surface area contributed by atoms with Gasteiger partial charge in [0.2, 0.25) is 0 Å². The van der Waals surface area contributed by atoms with E-state index in [1.165, 1.54) is 0 Å². The van der Waals surface area contributed by atoms with Gasteiger partial charge in [0, 0.05) is 12.5 Å². The standard InChI is InChI=1S/C29H32N3O7P/c30-27(19-40(36,37)39-17-20-9-2-1-3-10-20)31-16-8-15-26(28(33)34)32-29(35)38-18-25-23-13-6-4-11-21(23)22-12-5-7-14-24(22)25/h1-7,9-14,25-26H,8,15-19H2,(H2,30,31)(H,32,35)(H,33,34)(H,36,37)/t26-/m0/s1. The first kappa shape index (κ1) is 29.0. The number of aliphatic carboxylic acids is 1. The van der Waals surface area contributed by atoms with Crippen molar-refractivity contribution in [1.29, 1.82) is 0 Å². The highest BCUT2D eigenvalue weighted by Crippen LogP contribution is 2.44. The van der Waals surface area contributed by atoms with E-state index in [4.69, 9.17) is 15.0 Å². The van der Waals surface area contributed by atoms with E-state index in [1.54, 1.807) is 24.3 Å². The van der Waals surface area contributed by atoms with Crippen molar-refractivity contribution < 1.29 is 33.4 Å². The maximum atomic E-state index is 12.5. The number of fused-ring (bicyclic) bond motifs is 3. The van der Waals surface area contributed by atoms with Crippen LogP contribution >= 0.6 is 7.60 Å². The minimum Gasteiger partial charge on any atom is -0.480 e. The van der Waals surface area contributed by atoms with Crippen molar-refractivity contribution in [2.75, 3.05) is 19.3 Å². The second-order valence-electron chi connectivity index (χ2n) is 9.43. The summed E-state index contributed by atoms with van der Waals surface area (Å²) < 4.78 is 22.8. The molecule has 210 valence electrons. The lowest BCUT2D eigenvalue weighted by Gasteiger charge is -2.17. The Kier molecular flexibility index (Phi) is 9.71. The fourth-order valence-electron chi connectivity index (χ4n) is 4.61. The number of alkyl carbamates (subject to hydrolysis) is 1. The number of aliphatic imine (C=N–C) groups is 1. The maximum Gasteiger partial charge on any atom is 0.407 e. The summed E-state index contributed by atoms with van der Waals surface area (Å²) in [5, 5.41) is 12.0. The molecule has 3 aromatic rings. The van der Waals surface area contributed by atoms with E-state index in [0.717, 1.165) is 27.8 Å². The van der Waals surface area contributed by atoms with E-state index in [9.17, 15) is 24.2 Å². The smallest absolute Gasteiger partial charge is 0.407 e. The summed E-state index contributed by atoms with van der Waals surface area (Å²) in [6, 6.07) is 23.6. The summed E-state index contributed by atoms with van der Waals surface area (Å²) in [7, 11) is -4.00. The number of rotatable bonds is 13. The number of hydrogen-bond acceptors (Lipinski definition) is 6. The summed E-state index contributed by atoms with van der Waals surface area (Å²) in [4.78, 5) is 38.3. The van der Waals surface area contributed by atoms with Crippen LogP contribution in [0.1, 0.15) is 35.4 Å². The van der Waals surface area contributed by atoms with Gasteiger partial charge in [0.15, 0.2) is 0 Å². The van der Waals surface area contributed by atoms with Crippen LogP contribution in [0.15, 0.2) is 83.9 Å². The normalized spacial score (nSPS) is 15.0. The topological polar surface area (TPSA) is 161 Å². The Bertz CT molecular complexity index is 1370. The van der Waals surface area contributed by atoms with E-state index in [0.29, 0.717) is 0 Å². The molecule has 1 amide bonds. The molecule has 0 aromatic heterocycles. The zero-order valence-corrected chi connectivity index (χ0v) is 22.7. The maximum absolute atomic E-state index is 12.5. The van der Waals surface area contributed by atoms with Crippen molar-refractivity contribution in [3.8, 4) is 11.1 Å². The van der Waals surface area contributed by atoms with Gasteiger partial charge in [0.25, 0.3) is 0 Å². The van der Waals surface area contributed by atoms with Gasteiger partial charge in [-0.2, -0.15) is 0 Å².